The van der Waals surface area contributed by atoms with Crippen LogP contribution in [0.3, 0.4) is 0 Å². The lowest BCUT2D eigenvalue weighted by Crippen LogP contribution is -2.33. The maximum Gasteiger partial charge on any atom is 0.214 e. The Bertz CT molecular complexity index is 595. The van der Waals surface area contributed by atoms with E-state index in [1.54, 1.807) is 7.11 Å². The van der Waals surface area contributed by atoms with E-state index in [9.17, 15) is 8.42 Å². The van der Waals surface area contributed by atoms with E-state index in [0.29, 0.717) is 19.8 Å². The van der Waals surface area contributed by atoms with Crippen LogP contribution in [0.4, 0.5) is 0 Å². The summed E-state index contributed by atoms with van der Waals surface area (Å²) in [5.74, 6) is 0. The number of fused-ring (bicyclic) bond motifs is 1. The average molecular weight is 315 g/mol. The van der Waals surface area contributed by atoms with E-state index in [0.717, 1.165) is 30.5 Å². The van der Waals surface area contributed by atoms with Gasteiger partial charge in [-0.3, -0.25) is 4.68 Å². The van der Waals surface area contributed by atoms with Gasteiger partial charge in [0.05, 0.1) is 30.7 Å². The predicted octanol–water partition coefficient (Wildman–Crippen LogP) is 0.225. The molecule has 0 amide bonds. The molecule has 1 aliphatic carbocycles. The molecule has 1 aromatic heterocycles. The summed E-state index contributed by atoms with van der Waals surface area (Å²) in [7, 11) is -1.53. The number of nitrogens with one attached hydrogen (secondary N) is 1. The van der Waals surface area contributed by atoms with Gasteiger partial charge in [0.25, 0.3) is 0 Å². The van der Waals surface area contributed by atoms with E-state index >= 15 is 0 Å². The van der Waals surface area contributed by atoms with Crippen molar-refractivity contribution in [1.29, 1.82) is 0 Å². The van der Waals surface area contributed by atoms with Crippen LogP contribution in [0.1, 0.15) is 30.2 Å². The zero-order valence-corrected chi connectivity index (χ0v) is 12.9. The second-order valence-corrected chi connectivity index (χ2v) is 7.54. The van der Waals surface area contributed by atoms with Crippen LogP contribution >= 0.6 is 0 Å². The molecule has 118 valence electrons. The number of hydrogen-bond acceptors (Lipinski definition) is 5. The molecule has 21 heavy (non-hydrogen) atoms. The van der Waals surface area contributed by atoms with Gasteiger partial charge in [0.15, 0.2) is 0 Å². The van der Waals surface area contributed by atoms with Crippen molar-refractivity contribution in [3.05, 3.63) is 17.5 Å². The Kier molecular flexibility index (Phi) is 4.30. The van der Waals surface area contributed by atoms with E-state index in [-0.39, 0.29) is 17.9 Å². The Hall–Kier alpha value is -0.960. The van der Waals surface area contributed by atoms with Crippen LogP contribution in [-0.4, -0.2) is 50.3 Å². The lowest BCUT2D eigenvalue weighted by molar-refractivity contribution is 0.0429. The van der Waals surface area contributed by atoms with Crippen molar-refractivity contribution in [2.75, 3.05) is 26.9 Å². The molecule has 0 saturated heterocycles. The van der Waals surface area contributed by atoms with Crippen LogP contribution in [0.5, 0.6) is 0 Å². The highest BCUT2D eigenvalue weighted by Crippen LogP contribution is 2.29. The van der Waals surface area contributed by atoms with Gasteiger partial charge in [-0.15, -0.1) is 0 Å². The molecule has 3 rings (SSSR count). The number of aromatic nitrogens is 2. The summed E-state index contributed by atoms with van der Waals surface area (Å²) in [4.78, 5) is 0. The summed E-state index contributed by atoms with van der Waals surface area (Å²) in [5.41, 5.74) is 1.98. The fraction of sp³-hybridized carbons (Fsp3) is 0.769. The number of nitrogens with zero attached hydrogens (tertiary/aromatic N) is 2. The van der Waals surface area contributed by atoms with Gasteiger partial charge < -0.3 is 9.47 Å². The highest BCUT2D eigenvalue weighted by molar-refractivity contribution is 7.90. The maximum atomic E-state index is 11.9. The fourth-order valence-corrected chi connectivity index (χ4v) is 3.85. The van der Waals surface area contributed by atoms with Crippen molar-refractivity contribution in [2.24, 2.45) is 0 Å². The molecule has 1 fully saturated rings. The highest BCUT2D eigenvalue weighted by Gasteiger charge is 2.36. The minimum atomic E-state index is -3.18. The van der Waals surface area contributed by atoms with Gasteiger partial charge >= 0.3 is 0 Å². The van der Waals surface area contributed by atoms with Crippen molar-refractivity contribution in [2.45, 2.75) is 37.2 Å². The number of sulfonamides is 1. The molecule has 0 aromatic carbocycles. The molecule has 1 aromatic rings. The lowest BCUT2D eigenvalue weighted by Gasteiger charge is -2.22. The predicted molar refractivity (Wildman–Crippen MR) is 76.4 cm³/mol. The molecule has 1 atom stereocenters. The smallest absolute Gasteiger partial charge is 0.214 e. The standard InChI is InChI=1S/C13H21N3O4S/c1-19-7-5-16-9-10-4-6-20-12(13(10)15-16)8-14-21(17,18)11-2-3-11/h9,11-12,14H,2-8H2,1H3. The van der Waals surface area contributed by atoms with Gasteiger partial charge in [0.2, 0.25) is 10.0 Å². The first kappa shape index (κ1) is 15.0. The molecule has 0 bridgehead atoms. The minimum Gasteiger partial charge on any atom is -0.383 e. The molecule has 1 aliphatic heterocycles. The second kappa shape index (κ2) is 6.04. The molecule has 0 spiro atoms. The van der Waals surface area contributed by atoms with Crippen molar-refractivity contribution < 1.29 is 17.9 Å². The van der Waals surface area contributed by atoms with Crippen LogP contribution in [0.2, 0.25) is 0 Å². The van der Waals surface area contributed by atoms with E-state index in [4.69, 9.17) is 9.47 Å². The molecule has 0 radical (unpaired) electrons. The SMILES string of the molecule is COCCn1cc2c(n1)C(CNS(=O)(=O)C1CC1)OCC2. The third-order valence-corrected chi connectivity index (χ3v) is 5.74. The van der Waals surface area contributed by atoms with E-state index in [2.05, 4.69) is 9.82 Å². The van der Waals surface area contributed by atoms with E-state index < -0.39 is 10.0 Å². The van der Waals surface area contributed by atoms with Crippen molar-refractivity contribution >= 4 is 10.0 Å². The van der Waals surface area contributed by atoms with Crippen molar-refractivity contribution in [1.82, 2.24) is 14.5 Å². The third-order valence-electron chi connectivity index (χ3n) is 3.82. The van der Waals surface area contributed by atoms with Crippen molar-refractivity contribution in [3.63, 3.8) is 0 Å². The molecular formula is C13H21N3O4S. The highest BCUT2D eigenvalue weighted by atomic mass is 32.2. The van der Waals surface area contributed by atoms with Crippen LogP contribution in [0.15, 0.2) is 6.20 Å². The Morgan fingerprint density at radius 2 is 2.33 bits per heavy atom. The molecule has 8 heteroatoms. The normalized spacial score (nSPS) is 22.2. The van der Waals surface area contributed by atoms with Gasteiger partial charge in [-0.1, -0.05) is 0 Å². The molecular weight excluding hydrogens is 294 g/mol. The topological polar surface area (TPSA) is 82.5 Å². The minimum absolute atomic E-state index is 0.208. The number of hydrogen-bond donors (Lipinski definition) is 1. The third kappa shape index (κ3) is 3.45. The largest absolute Gasteiger partial charge is 0.383 e. The van der Waals surface area contributed by atoms with Crippen LogP contribution in [-0.2, 0) is 32.5 Å². The first-order valence-corrected chi connectivity index (χ1v) is 8.80. The first-order chi connectivity index (χ1) is 10.1. The van der Waals surface area contributed by atoms with Crippen LogP contribution < -0.4 is 4.72 Å². The maximum absolute atomic E-state index is 11.9. The van der Waals surface area contributed by atoms with Gasteiger partial charge in [-0.25, -0.2) is 13.1 Å². The van der Waals surface area contributed by atoms with Crippen LogP contribution in [0.25, 0.3) is 0 Å². The summed E-state index contributed by atoms with van der Waals surface area (Å²) in [6.07, 6.45) is 4.04. The summed E-state index contributed by atoms with van der Waals surface area (Å²) in [6, 6.07) is 0. The average Bonchev–Trinajstić information content (AvgIpc) is 3.24. The number of rotatable bonds is 7. The molecule has 1 N–H and O–H groups in total. The quantitative estimate of drug-likeness (QED) is 0.778. The van der Waals surface area contributed by atoms with Gasteiger partial charge in [0, 0.05) is 19.9 Å². The Morgan fingerprint density at radius 3 is 3.05 bits per heavy atom. The van der Waals surface area contributed by atoms with Gasteiger partial charge in [-0.05, 0) is 24.8 Å². The summed E-state index contributed by atoms with van der Waals surface area (Å²) in [6.45, 7) is 2.14. The van der Waals surface area contributed by atoms with Gasteiger partial charge in [0.1, 0.15) is 6.10 Å². The fourth-order valence-electron chi connectivity index (χ4n) is 2.47. The molecule has 1 saturated carbocycles. The second-order valence-electron chi connectivity index (χ2n) is 5.50. The van der Waals surface area contributed by atoms with E-state index in [1.165, 1.54) is 0 Å². The number of ether oxygens (including phenoxy) is 2. The number of methoxy groups -OCH3 is 1. The molecule has 2 heterocycles. The lowest BCUT2D eigenvalue weighted by atomic mass is 10.1. The zero-order valence-electron chi connectivity index (χ0n) is 12.1. The summed E-state index contributed by atoms with van der Waals surface area (Å²) >= 11 is 0. The Balaban J connectivity index is 1.66. The monoisotopic (exact) mass is 315 g/mol. The van der Waals surface area contributed by atoms with E-state index in [1.807, 2.05) is 10.9 Å². The zero-order chi connectivity index (χ0) is 14.9. The Labute approximate surface area is 124 Å². The van der Waals surface area contributed by atoms with Crippen LogP contribution in [0, 0.1) is 0 Å². The van der Waals surface area contributed by atoms with Crippen molar-refractivity contribution in [3.8, 4) is 0 Å². The molecule has 1 unspecified atom stereocenters. The van der Waals surface area contributed by atoms with Gasteiger partial charge in [-0.2, -0.15) is 5.10 Å². The Morgan fingerprint density at radius 1 is 1.52 bits per heavy atom. The first-order valence-electron chi connectivity index (χ1n) is 7.25. The summed E-state index contributed by atoms with van der Waals surface area (Å²) < 4.78 is 39.0. The summed E-state index contributed by atoms with van der Waals surface area (Å²) in [5, 5.41) is 4.30. The molecule has 2 aliphatic rings. The molecule has 7 nitrogen and oxygen atoms in total.